The summed E-state index contributed by atoms with van der Waals surface area (Å²) in [7, 11) is 0. The van der Waals surface area contributed by atoms with Crippen LogP contribution in [0.3, 0.4) is 0 Å². The topological polar surface area (TPSA) is 76.1 Å². The Bertz CT molecular complexity index is 985. The first-order valence-electron chi connectivity index (χ1n) is 9.18. The van der Waals surface area contributed by atoms with Crippen LogP contribution in [0.1, 0.15) is 34.1 Å². The highest BCUT2D eigenvalue weighted by Gasteiger charge is 2.22. The van der Waals surface area contributed by atoms with E-state index < -0.39 is 0 Å². The van der Waals surface area contributed by atoms with Crippen molar-refractivity contribution in [3.8, 4) is 5.75 Å². The Labute approximate surface area is 162 Å². The van der Waals surface area contributed by atoms with Gasteiger partial charge in [0.05, 0.1) is 16.8 Å². The van der Waals surface area contributed by atoms with E-state index >= 15 is 0 Å². The number of amides is 1. The van der Waals surface area contributed by atoms with E-state index in [-0.39, 0.29) is 12.0 Å². The van der Waals surface area contributed by atoms with Crippen molar-refractivity contribution in [2.45, 2.75) is 32.8 Å². The summed E-state index contributed by atoms with van der Waals surface area (Å²) in [6.07, 6.45) is 3.61. The Morgan fingerprint density at radius 2 is 2.19 bits per heavy atom. The lowest BCUT2D eigenvalue weighted by molar-refractivity contribution is 0.0959. The van der Waals surface area contributed by atoms with E-state index in [9.17, 15) is 4.79 Å². The number of thiophene rings is 1. The van der Waals surface area contributed by atoms with Crippen molar-refractivity contribution in [3.63, 3.8) is 0 Å². The molecule has 0 radical (unpaired) electrons. The maximum Gasteiger partial charge on any atom is 0.261 e. The zero-order valence-corrected chi connectivity index (χ0v) is 16.2. The van der Waals surface area contributed by atoms with Crippen LogP contribution < -0.4 is 15.4 Å². The van der Waals surface area contributed by atoms with Crippen molar-refractivity contribution in [1.82, 2.24) is 15.3 Å². The highest BCUT2D eigenvalue weighted by Crippen LogP contribution is 2.33. The molecule has 4 rings (SSSR count). The lowest BCUT2D eigenvalue weighted by atomic mass is 10.0. The minimum atomic E-state index is -0.0591. The van der Waals surface area contributed by atoms with Gasteiger partial charge >= 0.3 is 0 Å². The molecule has 27 heavy (non-hydrogen) atoms. The second kappa shape index (κ2) is 7.52. The summed E-state index contributed by atoms with van der Waals surface area (Å²) in [5.41, 5.74) is 2.18. The van der Waals surface area contributed by atoms with Crippen LogP contribution in [0.5, 0.6) is 5.75 Å². The van der Waals surface area contributed by atoms with Gasteiger partial charge in [-0.05, 0) is 43.9 Å². The molecular formula is C20H22N4O2S. The maximum absolute atomic E-state index is 12.3. The summed E-state index contributed by atoms with van der Waals surface area (Å²) in [6.45, 7) is 5.12. The Morgan fingerprint density at radius 1 is 1.33 bits per heavy atom. The van der Waals surface area contributed by atoms with E-state index in [0.717, 1.165) is 40.2 Å². The molecule has 1 atom stereocenters. The number of aromatic nitrogens is 2. The summed E-state index contributed by atoms with van der Waals surface area (Å²) >= 11 is 1.40. The van der Waals surface area contributed by atoms with Crippen LogP contribution in [0.15, 0.2) is 30.6 Å². The minimum Gasteiger partial charge on any atom is -0.488 e. The number of aryl methyl sites for hydroxylation is 2. The molecule has 6 nitrogen and oxygen atoms in total. The molecule has 140 valence electrons. The van der Waals surface area contributed by atoms with Gasteiger partial charge in [-0.25, -0.2) is 9.97 Å². The monoisotopic (exact) mass is 382 g/mol. The molecule has 0 bridgehead atoms. The van der Waals surface area contributed by atoms with Gasteiger partial charge in [-0.15, -0.1) is 11.3 Å². The van der Waals surface area contributed by atoms with Crippen LogP contribution in [0.25, 0.3) is 10.2 Å². The molecule has 1 aliphatic rings. The number of fused-ring (bicyclic) bond motifs is 2. The summed E-state index contributed by atoms with van der Waals surface area (Å²) in [6, 6.07) is 8.18. The van der Waals surface area contributed by atoms with Crippen molar-refractivity contribution in [2.24, 2.45) is 0 Å². The van der Waals surface area contributed by atoms with Crippen molar-refractivity contribution in [3.05, 3.63) is 46.6 Å². The summed E-state index contributed by atoms with van der Waals surface area (Å²) in [4.78, 5) is 22.6. The number of nitrogens with zero attached hydrogens (tertiary/aromatic N) is 2. The Kier molecular flexibility index (Phi) is 4.94. The number of benzene rings is 1. The van der Waals surface area contributed by atoms with Gasteiger partial charge in [0.2, 0.25) is 0 Å². The molecule has 0 aliphatic carbocycles. The number of carbonyl (C=O) groups is 1. The van der Waals surface area contributed by atoms with Gasteiger partial charge in [0, 0.05) is 6.54 Å². The fourth-order valence-electron chi connectivity index (χ4n) is 3.40. The fraction of sp³-hybridized carbons (Fsp3) is 0.350. The molecule has 3 aromatic rings. The second-order valence-corrected chi connectivity index (χ2v) is 7.58. The Morgan fingerprint density at radius 3 is 3.04 bits per heavy atom. The van der Waals surface area contributed by atoms with E-state index in [2.05, 4.69) is 26.7 Å². The third-order valence-electron chi connectivity index (χ3n) is 4.77. The first-order valence-corrected chi connectivity index (χ1v) is 9.99. The lowest BCUT2D eigenvalue weighted by Gasteiger charge is -2.26. The van der Waals surface area contributed by atoms with Crippen molar-refractivity contribution in [2.75, 3.05) is 18.4 Å². The van der Waals surface area contributed by atoms with Gasteiger partial charge in [0.1, 0.15) is 28.8 Å². The molecule has 0 saturated heterocycles. The zero-order valence-electron chi connectivity index (χ0n) is 15.4. The van der Waals surface area contributed by atoms with Crippen LogP contribution in [0, 0.1) is 6.92 Å². The van der Waals surface area contributed by atoms with Gasteiger partial charge in [-0.3, -0.25) is 4.79 Å². The van der Waals surface area contributed by atoms with Gasteiger partial charge < -0.3 is 15.4 Å². The molecule has 0 spiro atoms. The highest BCUT2D eigenvalue weighted by molar-refractivity contribution is 7.20. The average molecular weight is 382 g/mol. The van der Waals surface area contributed by atoms with E-state index in [1.807, 2.05) is 32.0 Å². The standard InChI is InChI=1S/C20H22N4O2S/c1-3-21-19(25)17-12(2)16-18(23-11-24-20(16)27-17)22-10-14-9-8-13-6-4-5-7-15(13)26-14/h4-7,11,14H,3,8-10H2,1-2H3,(H,21,25)(H,22,23,24)/t14-/m1/s1. The lowest BCUT2D eigenvalue weighted by Crippen LogP contribution is -2.30. The normalized spacial score (nSPS) is 15.9. The van der Waals surface area contributed by atoms with E-state index in [1.165, 1.54) is 16.9 Å². The van der Waals surface area contributed by atoms with E-state index in [0.29, 0.717) is 18.0 Å². The highest BCUT2D eigenvalue weighted by atomic mass is 32.1. The molecule has 2 aromatic heterocycles. The number of para-hydroxylation sites is 1. The molecule has 1 aliphatic heterocycles. The molecular weight excluding hydrogens is 360 g/mol. The maximum atomic E-state index is 12.3. The van der Waals surface area contributed by atoms with Crippen LogP contribution in [-0.2, 0) is 6.42 Å². The predicted octanol–water partition coefficient (Wildman–Crippen LogP) is 3.56. The summed E-state index contributed by atoms with van der Waals surface area (Å²) in [5.74, 6) is 1.66. The second-order valence-electron chi connectivity index (χ2n) is 6.59. The summed E-state index contributed by atoms with van der Waals surface area (Å²) < 4.78 is 6.10. The molecule has 1 amide bonds. The quantitative estimate of drug-likeness (QED) is 0.706. The van der Waals surface area contributed by atoms with E-state index in [4.69, 9.17) is 4.74 Å². The number of anilines is 1. The van der Waals surface area contributed by atoms with Crippen molar-refractivity contribution < 1.29 is 9.53 Å². The number of rotatable bonds is 5. The third-order valence-corrected chi connectivity index (χ3v) is 5.97. The smallest absolute Gasteiger partial charge is 0.261 e. The fourth-order valence-corrected chi connectivity index (χ4v) is 4.46. The third kappa shape index (κ3) is 3.47. The molecule has 3 heterocycles. The van der Waals surface area contributed by atoms with Crippen LogP contribution in [0.2, 0.25) is 0 Å². The number of hydrogen-bond acceptors (Lipinski definition) is 6. The molecule has 1 aromatic carbocycles. The van der Waals surface area contributed by atoms with Gasteiger partial charge in [-0.2, -0.15) is 0 Å². The predicted molar refractivity (Wildman–Crippen MR) is 108 cm³/mol. The Balaban J connectivity index is 1.53. The Hall–Kier alpha value is -2.67. The number of carbonyl (C=O) groups excluding carboxylic acids is 1. The van der Waals surface area contributed by atoms with Gasteiger partial charge in [-0.1, -0.05) is 18.2 Å². The minimum absolute atomic E-state index is 0.0591. The van der Waals surface area contributed by atoms with Crippen LogP contribution in [-0.4, -0.2) is 35.1 Å². The SMILES string of the molecule is CCNC(=O)c1sc2ncnc(NC[C@H]3CCc4ccccc4O3)c2c1C. The number of hydrogen-bond donors (Lipinski definition) is 2. The largest absolute Gasteiger partial charge is 0.488 e. The number of ether oxygens (including phenoxy) is 1. The van der Waals surface area contributed by atoms with Crippen molar-refractivity contribution >= 4 is 33.3 Å². The average Bonchev–Trinajstić information content (AvgIpc) is 3.04. The van der Waals surface area contributed by atoms with Gasteiger partial charge in [0.25, 0.3) is 5.91 Å². The first-order chi connectivity index (χ1) is 13.2. The molecule has 0 fully saturated rings. The van der Waals surface area contributed by atoms with Crippen LogP contribution in [0.4, 0.5) is 5.82 Å². The summed E-state index contributed by atoms with van der Waals surface area (Å²) in [5, 5.41) is 7.19. The zero-order chi connectivity index (χ0) is 18.8. The van der Waals surface area contributed by atoms with Crippen LogP contribution >= 0.6 is 11.3 Å². The molecule has 0 unspecified atom stereocenters. The first kappa shape index (κ1) is 17.7. The van der Waals surface area contributed by atoms with Gasteiger partial charge in [0.15, 0.2) is 0 Å². The molecule has 2 N–H and O–H groups in total. The van der Waals surface area contributed by atoms with Crippen molar-refractivity contribution in [1.29, 1.82) is 0 Å². The van der Waals surface area contributed by atoms with E-state index in [1.54, 1.807) is 6.33 Å². The number of nitrogens with one attached hydrogen (secondary N) is 2. The molecule has 7 heteroatoms. The molecule has 0 saturated carbocycles.